The molecule has 8 heteroatoms. The van der Waals surface area contributed by atoms with E-state index in [0.717, 1.165) is 7.11 Å². The van der Waals surface area contributed by atoms with Crippen LogP contribution >= 0.6 is 0 Å². The zero-order valence-corrected chi connectivity index (χ0v) is 15.3. The maximum absolute atomic E-state index is 14.5. The quantitative estimate of drug-likeness (QED) is 0.454. The summed E-state index contributed by atoms with van der Waals surface area (Å²) in [5.41, 5.74) is -4.30. The topological polar surface area (TPSA) is 70.3 Å². The van der Waals surface area contributed by atoms with Gasteiger partial charge in [0.05, 0.1) is 23.7 Å². The summed E-state index contributed by atoms with van der Waals surface area (Å²) in [5.74, 6) is -8.58. The summed E-state index contributed by atoms with van der Waals surface area (Å²) in [6, 6.07) is 1.86. The minimum Gasteiger partial charge on any atom is -0.481 e. The molecule has 0 spiro atoms. The molecule has 1 fully saturated rings. The Kier molecular flexibility index (Phi) is 5.39. The van der Waals surface area contributed by atoms with Gasteiger partial charge in [-0.25, -0.2) is 17.6 Å². The second-order valence-electron chi connectivity index (χ2n) is 7.26. The highest BCUT2D eigenvalue weighted by molar-refractivity contribution is 5.82. The van der Waals surface area contributed by atoms with Crippen LogP contribution in [0.25, 0.3) is 0 Å². The number of carboxylic acids is 1. The first-order valence-corrected chi connectivity index (χ1v) is 8.11. The fourth-order valence-electron chi connectivity index (χ4n) is 3.78. The van der Waals surface area contributed by atoms with Crippen LogP contribution in [0.2, 0.25) is 0 Å². The number of halogens is 4. The molecule has 1 aliphatic rings. The smallest absolute Gasteiger partial charge is 0.311 e. The van der Waals surface area contributed by atoms with Crippen LogP contribution in [0.3, 0.4) is 0 Å². The van der Waals surface area contributed by atoms with Crippen molar-refractivity contribution in [3.8, 4) is 6.07 Å². The number of allylic oxidation sites excluding steroid dienone is 2. The van der Waals surface area contributed by atoms with Gasteiger partial charge in [0.1, 0.15) is 0 Å². The van der Waals surface area contributed by atoms with E-state index in [2.05, 4.69) is 4.74 Å². The summed E-state index contributed by atoms with van der Waals surface area (Å²) >= 11 is 0. The molecule has 1 unspecified atom stereocenters. The molecular weight excluding hydrogens is 366 g/mol. The first kappa shape index (κ1) is 20.9. The molecule has 0 saturated heterocycles. The number of aliphatic carboxylic acids is 1. The van der Waals surface area contributed by atoms with Crippen molar-refractivity contribution in [2.75, 3.05) is 7.11 Å². The molecule has 0 bridgehead atoms. The summed E-state index contributed by atoms with van der Waals surface area (Å²) < 4.78 is 61.8. The maximum Gasteiger partial charge on any atom is 0.311 e. The van der Waals surface area contributed by atoms with E-state index in [1.165, 1.54) is 13.0 Å². The molecule has 146 valence electrons. The molecule has 1 N–H and O–H groups in total. The average molecular weight is 385 g/mol. The summed E-state index contributed by atoms with van der Waals surface area (Å²) in [4.78, 5) is 12.0. The normalized spacial score (nSPS) is 23.8. The Morgan fingerprint density at radius 3 is 2.07 bits per heavy atom. The van der Waals surface area contributed by atoms with E-state index >= 15 is 0 Å². The van der Waals surface area contributed by atoms with Crippen LogP contribution in [0.5, 0.6) is 0 Å². The van der Waals surface area contributed by atoms with Gasteiger partial charge < -0.3 is 9.84 Å². The van der Waals surface area contributed by atoms with Gasteiger partial charge in [0, 0.05) is 24.2 Å². The van der Waals surface area contributed by atoms with Gasteiger partial charge >= 0.3 is 5.97 Å². The fraction of sp³-hybridized carbons (Fsp3) is 0.474. The van der Waals surface area contributed by atoms with Crippen LogP contribution in [0, 0.1) is 51.3 Å². The van der Waals surface area contributed by atoms with Crippen molar-refractivity contribution in [3.63, 3.8) is 0 Å². The van der Waals surface area contributed by atoms with Gasteiger partial charge in [0.15, 0.2) is 23.3 Å². The molecule has 1 saturated carbocycles. The highest BCUT2D eigenvalue weighted by Crippen LogP contribution is 2.71. The Labute approximate surface area is 154 Å². The van der Waals surface area contributed by atoms with Gasteiger partial charge in [0.25, 0.3) is 0 Å². The summed E-state index contributed by atoms with van der Waals surface area (Å²) in [5, 5.41) is 18.7. The lowest BCUT2D eigenvalue weighted by molar-refractivity contribution is -0.145. The van der Waals surface area contributed by atoms with E-state index in [1.54, 1.807) is 13.8 Å². The number of hydrogen-bond acceptors (Lipinski definition) is 3. The van der Waals surface area contributed by atoms with Crippen molar-refractivity contribution in [2.24, 2.45) is 16.7 Å². The predicted octanol–water partition coefficient (Wildman–Crippen LogP) is 4.13. The summed E-state index contributed by atoms with van der Waals surface area (Å²) in [6.45, 7) is 3.93. The molecule has 2 atom stereocenters. The minimum atomic E-state index is -1.70. The number of rotatable bonds is 6. The molecule has 0 radical (unpaired) electrons. The third kappa shape index (κ3) is 3.00. The first-order valence-electron chi connectivity index (χ1n) is 8.11. The number of benzene rings is 1. The van der Waals surface area contributed by atoms with Crippen molar-refractivity contribution in [3.05, 3.63) is 46.0 Å². The van der Waals surface area contributed by atoms with E-state index in [1.807, 2.05) is 6.07 Å². The maximum atomic E-state index is 14.5. The van der Waals surface area contributed by atoms with Gasteiger partial charge in [0.2, 0.25) is 0 Å². The zero-order chi connectivity index (χ0) is 20.7. The Morgan fingerprint density at radius 2 is 1.67 bits per heavy atom. The van der Waals surface area contributed by atoms with E-state index in [9.17, 15) is 27.5 Å². The van der Waals surface area contributed by atoms with Crippen LogP contribution in [-0.2, 0) is 22.6 Å². The molecule has 4 nitrogen and oxygen atoms in total. The SMILES string of the molecule is COCc1c(F)c(F)c(C[C@@]2(C(=O)O)C(C=C(C)C#N)C2(C)C)c(F)c1F. The lowest BCUT2D eigenvalue weighted by Crippen LogP contribution is -2.26. The molecule has 1 aromatic carbocycles. The zero-order valence-electron chi connectivity index (χ0n) is 15.3. The van der Waals surface area contributed by atoms with Gasteiger partial charge in [-0.05, 0) is 18.8 Å². The molecule has 1 aliphatic carbocycles. The highest BCUT2D eigenvalue weighted by atomic mass is 19.2. The Balaban J connectivity index is 2.61. The summed E-state index contributed by atoms with van der Waals surface area (Å²) in [7, 11) is 1.11. The molecular formula is C19H19F4NO3. The summed E-state index contributed by atoms with van der Waals surface area (Å²) in [6.07, 6.45) is 0.657. The van der Waals surface area contributed by atoms with Crippen molar-refractivity contribution >= 4 is 5.97 Å². The number of carboxylic acid groups (broad SMARTS) is 1. The van der Waals surface area contributed by atoms with Crippen LogP contribution in [0.4, 0.5) is 17.6 Å². The third-order valence-electron chi connectivity index (χ3n) is 5.54. The third-order valence-corrected chi connectivity index (χ3v) is 5.54. The number of ether oxygens (including phenoxy) is 1. The largest absolute Gasteiger partial charge is 0.481 e. The Hall–Kier alpha value is -2.40. The molecule has 0 aliphatic heterocycles. The minimum absolute atomic E-state index is 0.241. The number of methoxy groups -OCH3 is 1. The fourth-order valence-corrected chi connectivity index (χ4v) is 3.78. The van der Waals surface area contributed by atoms with Crippen molar-refractivity contribution in [1.29, 1.82) is 5.26 Å². The second-order valence-corrected chi connectivity index (χ2v) is 7.26. The predicted molar refractivity (Wildman–Crippen MR) is 87.4 cm³/mol. The standard InChI is InChI=1S/C19H19F4NO3/c1-9(7-24)5-12-18(2,3)19(12,17(25)26)6-10-13(20)15(22)11(8-27-4)16(23)14(10)21/h5,12H,6,8H2,1-4H3,(H,25,26)/t12?,19-/m0/s1. The van der Waals surface area contributed by atoms with Crippen LogP contribution in [0.1, 0.15) is 31.9 Å². The molecule has 1 aromatic rings. The molecule has 0 heterocycles. The van der Waals surface area contributed by atoms with Gasteiger partial charge in [-0.3, -0.25) is 4.79 Å². The van der Waals surface area contributed by atoms with Crippen molar-refractivity contribution in [2.45, 2.75) is 33.8 Å². The number of nitriles is 1. The van der Waals surface area contributed by atoms with Gasteiger partial charge in [-0.15, -0.1) is 0 Å². The lowest BCUT2D eigenvalue weighted by atomic mass is 9.87. The molecule has 0 amide bonds. The number of nitrogens with zero attached hydrogens (tertiary/aromatic N) is 1. The molecule has 27 heavy (non-hydrogen) atoms. The van der Waals surface area contributed by atoms with Crippen LogP contribution in [-0.4, -0.2) is 18.2 Å². The van der Waals surface area contributed by atoms with Crippen molar-refractivity contribution < 1.29 is 32.2 Å². The van der Waals surface area contributed by atoms with E-state index in [0.29, 0.717) is 0 Å². The van der Waals surface area contributed by atoms with Gasteiger partial charge in [-0.2, -0.15) is 5.26 Å². The average Bonchev–Trinajstić information content (AvgIpc) is 3.08. The number of carbonyl (C=O) groups is 1. The molecule has 2 rings (SSSR count). The highest BCUT2D eigenvalue weighted by Gasteiger charge is 2.74. The number of hydrogen-bond donors (Lipinski definition) is 1. The van der Waals surface area contributed by atoms with Crippen molar-refractivity contribution in [1.82, 2.24) is 0 Å². The van der Waals surface area contributed by atoms with Gasteiger partial charge in [-0.1, -0.05) is 19.9 Å². The van der Waals surface area contributed by atoms with Crippen LogP contribution < -0.4 is 0 Å². The lowest BCUT2D eigenvalue weighted by Gasteiger charge is -2.18. The monoisotopic (exact) mass is 385 g/mol. The van der Waals surface area contributed by atoms with E-state index < -0.39 is 70.1 Å². The first-order chi connectivity index (χ1) is 12.5. The Bertz CT molecular complexity index is 844. The Morgan fingerprint density at radius 1 is 1.19 bits per heavy atom. The van der Waals surface area contributed by atoms with E-state index in [-0.39, 0.29) is 5.57 Å². The van der Waals surface area contributed by atoms with E-state index in [4.69, 9.17) is 5.26 Å². The molecule has 0 aromatic heterocycles. The van der Waals surface area contributed by atoms with Crippen LogP contribution in [0.15, 0.2) is 11.6 Å². The second kappa shape index (κ2) is 6.97.